The van der Waals surface area contributed by atoms with Gasteiger partial charge in [-0.25, -0.2) is 4.79 Å². The number of carboxylic acid groups (broad SMARTS) is 1. The number of hydrogen-bond donors (Lipinski definition) is 3. The summed E-state index contributed by atoms with van der Waals surface area (Å²) in [7, 11) is 0. The number of anilines is 1. The number of nitrogens with zero attached hydrogens (tertiary/aromatic N) is 1. The van der Waals surface area contributed by atoms with Gasteiger partial charge in [0, 0.05) is 12.7 Å². The van der Waals surface area contributed by atoms with Gasteiger partial charge in [0.05, 0.1) is 22.9 Å². The Kier molecular flexibility index (Phi) is 3.80. The predicted octanol–water partition coefficient (Wildman–Crippen LogP) is 0.703. The average molecular weight is 237 g/mol. The lowest BCUT2D eigenvalue weighted by Gasteiger charge is -2.21. The molecule has 0 aliphatic heterocycles. The van der Waals surface area contributed by atoms with Crippen LogP contribution in [-0.2, 0) is 4.79 Å². The zero-order valence-electron chi connectivity index (χ0n) is 9.73. The SMILES string of the molecule is CC(C)(CN)C(=O)Nc1cncc(C(=O)O)c1. The molecule has 1 aromatic heterocycles. The Bertz CT molecular complexity index is 443. The van der Waals surface area contributed by atoms with Gasteiger partial charge in [-0.1, -0.05) is 0 Å². The minimum atomic E-state index is -1.09. The number of hydrogen-bond acceptors (Lipinski definition) is 4. The van der Waals surface area contributed by atoms with Crippen molar-refractivity contribution < 1.29 is 14.7 Å². The van der Waals surface area contributed by atoms with Crippen molar-refractivity contribution >= 4 is 17.6 Å². The summed E-state index contributed by atoms with van der Waals surface area (Å²) in [5.41, 5.74) is 5.12. The third-order valence-electron chi connectivity index (χ3n) is 2.37. The second-order valence-corrected chi connectivity index (χ2v) is 4.31. The molecule has 1 aromatic rings. The lowest BCUT2D eigenvalue weighted by Crippen LogP contribution is -2.37. The summed E-state index contributed by atoms with van der Waals surface area (Å²) < 4.78 is 0. The Hall–Kier alpha value is -1.95. The zero-order valence-corrected chi connectivity index (χ0v) is 9.73. The van der Waals surface area contributed by atoms with Crippen LogP contribution in [0, 0.1) is 5.41 Å². The van der Waals surface area contributed by atoms with Gasteiger partial charge in [-0.05, 0) is 19.9 Å². The quantitative estimate of drug-likeness (QED) is 0.715. The van der Waals surface area contributed by atoms with E-state index in [1.807, 2.05) is 0 Å². The molecule has 6 nitrogen and oxygen atoms in total. The Morgan fingerprint density at radius 3 is 2.65 bits per heavy atom. The number of nitrogens with two attached hydrogens (primary N) is 1. The molecule has 17 heavy (non-hydrogen) atoms. The first-order valence-electron chi connectivity index (χ1n) is 5.06. The van der Waals surface area contributed by atoms with Crippen molar-refractivity contribution in [3.8, 4) is 0 Å². The summed E-state index contributed by atoms with van der Waals surface area (Å²) >= 11 is 0. The van der Waals surface area contributed by atoms with Gasteiger partial charge in [-0.2, -0.15) is 0 Å². The number of pyridine rings is 1. The maximum absolute atomic E-state index is 11.8. The van der Waals surface area contributed by atoms with Crippen molar-refractivity contribution in [1.29, 1.82) is 0 Å². The normalized spacial score (nSPS) is 11.0. The highest BCUT2D eigenvalue weighted by atomic mass is 16.4. The van der Waals surface area contributed by atoms with Crippen molar-refractivity contribution in [3.05, 3.63) is 24.0 Å². The van der Waals surface area contributed by atoms with E-state index in [0.29, 0.717) is 5.69 Å². The van der Waals surface area contributed by atoms with E-state index in [1.165, 1.54) is 18.5 Å². The summed E-state index contributed by atoms with van der Waals surface area (Å²) in [6.07, 6.45) is 2.60. The van der Waals surface area contributed by atoms with E-state index in [1.54, 1.807) is 13.8 Å². The molecule has 0 aromatic carbocycles. The Labute approximate surface area is 98.8 Å². The second-order valence-electron chi connectivity index (χ2n) is 4.31. The standard InChI is InChI=1S/C11H15N3O3/c1-11(2,6-12)10(17)14-8-3-7(9(15)16)4-13-5-8/h3-5H,6,12H2,1-2H3,(H,14,17)(H,15,16). The second kappa shape index (κ2) is 4.92. The van der Waals surface area contributed by atoms with Crippen molar-refractivity contribution in [2.75, 3.05) is 11.9 Å². The topological polar surface area (TPSA) is 105 Å². The van der Waals surface area contributed by atoms with Crippen LogP contribution in [0.25, 0.3) is 0 Å². The summed E-state index contributed by atoms with van der Waals surface area (Å²) in [5.74, 6) is -1.36. The molecular weight excluding hydrogens is 222 g/mol. The fourth-order valence-corrected chi connectivity index (χ4v) is 1.02. The third kappa shape index (κ3) is 3.25. The number of carbonyl (C=O) groups excluding carboxylic acids is 1. The molecule has 0 radical (unpaired) electrons. The maximum atomic E-state index is 11.8. The Morgan fingerprint density at radius 1 is 1.47 bits per heavy atom. The molecule has 92 valence electrons. The van der Waals surface area contributed by atoms with Crippen LogP contribution in [0.2, 0.25) is 0 Å². The molecule has 0 unspecified atom stereocenters. The minimum Gasteiger partial charge on any atom is -0.478 e. The highest BCUT2D eigenvalue weighted by Gasteiger charge is 2.25. The van der Waals surface area contributed by atoms with Gasteiger partial charge >= 0.3 is 5.97 Å². The summed E-state index contributed by atoms with van der Waals surface area (Å²) in [6.45, 7) is 3.61. The van der Waals surface area contributed by atoms with Gasteiger partial charge in [-0.3, -0.25) is 9.78 Å². The number of rotatable bonds is 4. The number of carboxylic acids is 1. The van der Waals surface area contributed by atoms with Crippen molar-refractivity contribution in [2.24, 2.45) is 11.1 Å². The Balaban J connectivity index is 2.86. The molecule has 4 N–H and O–H groups in total. The van der Waals surface area contributed by atoms with Crippen molar-refractivity contribution in [1.82, 2.24) is 4.98 Å². The van der Waals surface area contributed by atoms with Crippen LogP contribution in [0.3, 0.4) is 0 Å². The molecule has 0 aliphatic carbocycles. The van der Waals surface area contributed by atoms with Crippen LogP contribution in [0.5, 0.6) is 0 Å². The first-order valence-corrected chi connectivity index (χ1v) is 5.06. The lowest BCUT2D eigenvalue weighted by atomic mass is 9.92. The molecule has 0 aliphatic rings. The van der Waals surface area contributed by atoms with E-state index in [9.17, 15) is 9.59 Å². The number of aromatic carboxylic acids is 1. The molecule has 0 fully saturated rings. The molecule has 0 atom stereocenters. The highest BCUT2D eigenvalue weighted by Crippen LogP contribution is 2.17. The molecule has 0 bridgehead atoms. The molecule has 0 saturated heterocycles. The van der Waals surface area contributed by atoms with Gasteiger partial charge in [-0.15, -0.1) is 0 Å². The number of aromatic nitrogens is 1. The van der Waals surface area contributed by atoms with E-state index in [2.05, 4.69) is 10.3 Å². The van der Waals surface area contributed by atoms with Crippen LogP contribution in [0.4, 0.5) is 5.69 Å². The van der Waals surface area contributed by atoms with E-state index in [0.717, 1.165) is 0 Å². The first-order chi connectivity index (χ1) is 7.86. The molecule has 1 rings (SSSR count). The highest BCUT2D eigenvalue weighted by molar-refractivity contribution is 5.96. The van der Waals surface area contributed by atoms with E-state index in [-0.39, 0.29) is 18.0 Å². The van der Waals surface area contributed by atoms with Gasteiger partial charge in [0.25, 0.3) is 0 Å². The van der Waals surface area contributed by atoms with E-state index in [4.69, 9.17) is 10.8 Å². The van der Waals surface area contributed by atoms with E-state index >= 15 is 0 Å². The molecule has 1 heterocycles. The number of amides is 1. The minimum absolute atomic E-state index is 0.0216. The Morgan fingerprint density at radius 2 is 2.12 bits per heavy atom. The average Bonchev–Trinajstić information content (AvgIpc) is 2.29. The first kappa shape index (κ1) is 13.1. The largest absolute Gasteiger partial charge is 0.478 e. The van der Waals surface area contributed by atoms with Gasteiger partial charge < -0.3 is 16.2 Å². The number of carbonyl (C=O) groups is 2. The van der Waals surface area contributed by atoms with Crippen LogP contribution < -0.4 is 11.1 Å². The fraction of sp³-hybridized carbons (Fsp3) is 0.364. The van der Waals surface area contributed by atoms with Crippen LogP contribution >= 0.6 is 0 Å². The van der Waals surface area contributed by atoms with Crippen LogP contribution in [-0.4, -0.2) is 28.5 Å². The smallest absolute Gasteiger partial charge is 0.337 e. The monoisotopic (exact) mass is 237 g/mol. The number of nitrogens with one attached hydrogen (secondary N) is 1. The van der Waals surface area contributed by atoms with Crippen LogP contribution in [0.1, 0.15) is 24.2 Å². The molecule has 6 heteroatoms. The van der Waals surface area contributed by atoms with E-state index < -0.39 is 11.4 Å². The molecule has 0 spiro atoms. The molecule has 1 amide bonds. The van der Waals surface area contributed by atoms with Crippen molar-refractivity contribution in [3.63, 3.8) is 0 Å². The zero-order chi connectivity index (χ0) is 13.1. The predicted molar refractivity (Wildman–Crippen MR) is 62.7 cm³/mol. The maximum Gasteiger partial charge on any atom is 0.337 e. The van der Waals surface area contributed by atoms with Crippen molar-refractivity contribution in [2.45, 2.75) is 13.8 Å². The third-order valence-corrected chi connectivity index (χ3v) is 2.37. The molecular formula is C11H15N3O3. The van der Waals surface area contributed by atoms with Gasteiger partial charge in [0.2, 0.25) is 5.91 Å². The lowest BCUT2D eigenvalue weighted by molar-refractivity contribution is -0.123. The fourth-order valence-electron chi connectivity index (χ4n) is 1.02. The molecule has 0 saturated carbocycles. The van der Waals surface area contributed by atoms with Gasteiger partial charge in [0.1, 0.15) is 0 Å². The summed E-state index contributed by atoms with van der Waals surface area (Å²) in [6, 6.07) is 1.35. The summed E-state index contributed by atoms with van der Waals surface area (Å²) in [5, 5.41) is 11.4. The summed E-state index contributed by atoms with van der Waals surface area (Å²) in [4.78, 5) is 26.2. The van der Waals surface area contributed by atoms with Gasteiger partial charge in [0.15, 0.2) is 0 Å². The van der Waals surface area contributed by atoms with Crippen LogP contribution in [0.15, 0.2) is 18.5 Å².